The van der Waals surface area contributed by atoms with E-state index >= 15 is 0 Å². The molecule has 0 aliphatic rings. The largest absolute Gasteiger partial charge is 0.444 e. The van der Waals surface area contributed by atoms with Gasteiger partial charge in [0.25, 0.3) is 0 Å². The molecule has 0 aliphatic heterocycles. The van der Waals surface area contributed by atoms with Gasteiger partial charge in [-0.1, -0.05) is 11.3 Å². The summed E-state index contributed by atoms with van der Waals surface area (Å²) in [5.41, 5.74) is 0.419. The van der Waals surface area contributed by atoms with Crippen molar-refractivity contribution >= 4 is 17.4 Å². The number of aromatic amines is 1. The highest BCUT2D eigenvalue weighted by Crippen LogP contribution is 2.06. The zero-order valence-corrected chi connectivity index (χ0v) is 12.4. The lowest BCUT2D eigenvalue weighted by molar-refractivity contribution is 0.0527. The highest BCUT2D eigenvalue weighted by molar-refractivity contribution is 7.07. The van der Waals surface area contributed by atoms with E-state index in [1.165, 1.54) is 0 Å². The quantitative estimate of drug-likeness (QED) is 0.691. The van der Waals surface area contributed by atoms with Crippen LogP contribution in [0.4, 0.5) is 4.79 Å². The van der Waals surface area contributed by atoms with Crippen molar-refractivity contribution in [3.05, 3.63) is 20.7 Å². The zero-order chi connectivity index (χ0) is 14.3. The molecular weight excluding hydrogens is 266 g/mol. The van der Waals surface area contributed by atoms with E-state index in [1.54, 1.807) is 5.38 Å². The van der Waals surface area contributed by atoms with Crippen molar-refractivity contribution in [2.45, 2.75) is 39.3 Å². The Morgan fingerprint density at radius 2 is 2.16 bits per heavy atom. The third-order valence-electron chi connectivity index (χ3n) is 2.08. The summed E-state index contributed by atoms with van der Waals surface area (Å²) in [6.45, 7) is 7.43. The van der Waals surface area contributed by atoms with Gasteiger partial charge in [0.2, 0.25) is 0 Å². The molecule has 0 bridgehead atoms. The number of thiazole rings is 1. The first-order valence-electron chi connectivity index (χ1n) is 6.21. The van der Waals surface area contributed by atoms with Crippen molar-refractivity contribution in [1.82, 2.24) is 15.6 Å². The van der Waals surface area contributed by atoms with Crippen molar-refractivity contribution in [1.29, 1.82) is 0 Å². The number of alkyl carbamates (subject to hydrolysis) is 1. The molecule has 108 valence electrons. The van der Waals surface area contributed by atoms with Crippen LogP contribution in [-0.4, -0.2) is 29.8 Å². The van der Waals surface area contributed by atoms with E-state index in [-0.39, 0.29) is 4.87 Å². The van der Waals surface area contributed by atoms with Crippen LogP contribution in [0, 0.1) is 0 Å². The summed E-state index contributed by atoms with van der Waals surface area (Å²) in [5.74, 6) is 0. The average molecular weight is 287 g/mol. The zero-order valence-electron chi connectivity index (χ0n) is 11.5. The maximum Gasteiger partial charge on any atom is 0.407 e. The van der Waals surface area contributed by atoms with E-state index in [0.717, 1.165) is 30.0 Å². The van der Waals surface area contributed by atoms with E-state index in [1.807, 2.05) is 20.8 Å². The van der Waals surface area contributed by atoms with Gasteiger partial charge < -0.3 is 20.4 Å². The summed E-state index contributed by atoms with van der Waals surface area (Å²) in [6.07, 6.45) is 0.405. The Labute approximate surface area is 116 Å². The van der Waals surface area contributed by atoms with Crippen molar-refractivity contribution in [3.8, 4) is 0 Å². The minimum atomic E-state index is -0.465. The number of aromatic nitrogens is 1. The highest BCUT2D eigenvalue weighted by Gasteiger charge is 2.15. The Morgan fingerprint density at radius 3 is 2.74 bits per heavy atom. The van der Waals surface area contributed by atoms with Crippen LogP contribution in [0.25, 0.3) is 0 Å². The molecule has 3 N–H and O–H groups in total. The first kappa shape index (κ1) is 15.7. The Balaban J connectivity index is 2.02. The van der Waals surface area contributed by atoms with Crippen LogP contribution in [0.2, 0.25) is 0 Å². The summed E-state index contributed by atoms with van der Waals surface area (Å²) in [5, 5.41) is 7.67. The average Bonchev–Trinajstić information content (AvgIpc) is 2.67. The number of amides is 1. The normalized spacial score (nSPS) is 11.3. The van der Waals surface area contributed by atoms with Crippen molar-refractivity contribution < 1.29 is 9.53 Å². The van der Waals surface area contributed by atoms with Gasteiger partial charge in [0, 0.05) is 24.2 Å². The molecule has 0 saturated heterocycles. The molecule has 6 nitrogen and oxygen atoms in total. The summed E-state index contributed by atoms with van der Waals surface area (Å²) in [6, 6.07) is 0. The number of rotatable bonds is 6. The van der Waals surface area contributed by atoms with Crippen LogP contribution in [0.5, 0.6) is 0 Å². The van der Waals surface area contributed by atoms with E-state index in [0.29, 0.717) is 13.1 Å². The topological polar surface area (TPSA) is 83.2 Å². The van der Waals surface area contributed by atoms with Crippen molar-refractivity contribution in [3.63, 3.8) is 0 Å². The minimum absolute atomic E-state index is 0.0385. The lowest BCUT2D eigenvalue weighted by Crippen LogP contribution is -2.33. The van der Waals surface area contributed by atoms with Gasteiger partial charge in [0.1, 0.15) is 5.60 Å². The van der Waals surface area contributed by atoms with Gasteiger partial charge >= 0.3 is 11.0 Å². The van der Waals surface area contributed by atoms with Crippen molar-refractivity contribution in [2.24, 2.45) is 0 Å². The van der Waals surface area contributed by atoms with E-state index in [2.05, 4.69) is 15.6 Å². The Hall–Kier alpha value is -1.34. The molecule has 1 aromatic rings. The Bertz CT molecular complexity index is 448. The van der Waals surface area contributed by atoms with Gasteiger partial charge in [-0.15, -0.1) is 0 Å². The summed E-state index contributed by atoms with van der Waals surface area (Å²) >= 11 is 1.16. The molecule has 0 aliphatic carbocycles. The maximum atomic E-state index is 11.3. The minimum Gasteiger partial charge on any atom is -0.444 e. The molecule has 0 fully saturated rings. The molecule has 0 aromatic carbocycles. The second-order valence-corrected chi connectivity index (χ2v) is 5.97. The maximum absolute atomic E-state index is 11.3. The van der Waals surface area contributed by atoms with Crippen LogP contribution >= 0.6 is 11.3 Å². The lowest BCUT2D eigenvalue weighted by atomic mass is 10.2. The van der Waals surface area contributed by atoms with E-state index < -0.39 is 11.7 Å². The van der Waals surface area contributed by atoms with Gasteiger partial charge in [-0.2, -0.15) is 0 Å². The number of carbonyl (C=O) groups is 1. The SMILES string of the molecule is CC(C)(C)OC(=O)NCCCNCc1csc(=O)[nH]1. The van der Waals surface area contributed by atoms with Crippen molar-refractivity contribution in [2.75, 3.05) is 13.1 Å². The summed E-state index contributed by atoms with van der Waals surface area (Å²) < 4.78 is 5.11. The van der Waals surface area contributed by atoms with E-state index in [9.17, 15) is 9.59 Å². The van der Waals surface area contributed by atoms with Crippen LogP contribution in [0.15, 0.2) is 10.2 Å². The number of H-pyrrole nitrogens is 1. The lowest BCUT2D eigenvalue weighted by Gasteiger charge is -2.19. The monoisotopic (exact) mass is 287 g/mol. The number of ether oxygens (including phenoxy) is 1. The number of hydrogen-bond acceptors (Lipinski definition) is 5. The Morgan fingerprint density at radius 1 is 1.42 bits per heavy atom. The molecular formula is C12H21N3O3S. The number of hydrogen-bond donors (Lipinski definition) is 3. The molecule has 0 spiro atoms. The predicted molar refractivity (Wildman–Crippen MR) is 75.5 cm³/mol. The van der Waals surface area contributed by atoms with Gasteiger partial charge in [0.05, 0.1) is 0 Å². The van der Waals surface area contributed by atoms with Gasteiger partial charge in [-0.05, 0) is 33.7 Å². The summed E-state index contributed by atoms with van der Waals surface area (Å²) in [7, 11) is 0. The van der Waals surface area contributed by atoms with Crippen LogP contribution in [-0.2, 0) is 11.3 Å². The molecule has 1 heterocycles. The smallest absolute Gasteiger partial charge is 0.407 e. The molecule has 0 radical (unpaired) electrons. The second kappa shape index (κ2) is 7.30. The van der Waals surface area contributed by atoms with E-state index in [4.69, 9.17) is 4.74 Å². The molecule has 0 saturated carbocycles. The summed E-state index contributed by atoms with van der Waals surface area (Å²) in [4.78, 5) is 24.9. The van der Waals surface area contributed by atoms with Gasteiger partial charge in [0.15, 0.2) is 0 Å². The molecule has 1 amide bonds. The fourth-order valence-corrected chi connectivity index (χ4v) is 1.92. The van der Waals surface area contributed by atoms with Gasteiger partial charge in [-0.25, -0.2) is 4.79 Å². The number of carbonyl (C=O) groups excluding carboxylic acids is 1. The molecule has 0 atom stereocenters. The predicted octanol–water partition coefficient (Wildman–Crippen LogP) is 1.44. The fraction of sp³-hybridized carbons (Fsp3) is 0.667. The Kier molecular flexibility index (Phi) is 6.04. The molecule has 1 rings (SSSR count). The highest BCUT2D eigenvalue weighted by atomic mass is 32.1. The molecule has 1 aromatic heterocycles. The standard InChI is InChI=1S/C12H21N3O3S/c1-12(2,3)18-10(16)14-6-4-5-13-7-9-8-19-11(17)15-9/h8,13H,4-7H2,1-3H3,(H,14,16)(H,15,17). The van der Waals surface area contributed by atoms with Crippen LogP contribution < -0.4 is 15.5 Å². The molecule has 19 heavy (non-hydrogen) atoms. The molecule has 0 unspecified atom stereocenters. The molecule has 7 heteroatoms. The van der Waals surface area contributed by atoms with Crippen LogP contribution in [0.1, 0.15) is 32.9 Å². The third-order valence-corrected chi connectivity index (χ3v) is 2.80. The first-order valence-corrected chi connectivity index (χ1v) is 7.09. The first-order chi connectivity index (χ1) is 8.87. The fourth-order valence-electron chi connectivity index (χ4n) is 1.34. The second-order valence-electron chi connectivity index (χ2n) is 5.13. The number of nitrogens with one attached hydrogen (secondary N) is 3. The third kappa shape index (κ3) is 7.63. The van der Waals surface area contributed by atoms with Gasteiger partial charge in [-0.3, -0.25) is 4.79 Å². The van der Waals surface area contributed by atoms with Crippen LogP contribution in [0.3, 0.4) is 0 Å².